The molecule has 21 heavy (non-hydrogen) atoms. The van der Waals surface area contributed by atoms with Gasteiger partial charge in [-0.05, 0) is 30.2 Å². The Morgan fingerprint density at radius 2 is 2.19 bits per heavy atom. The standard InChI is InChI=1S/C14H17N3O4/c1-21-12-8-9(3-4-11(12)19)7-10-13(20)17-14(16-10)15-5-2-6-18/h3-4,7-8,18-19H,2,5-6H2,1H3,(H2,15,16,17,20)/b10-7-. The molecule has 1 aromatic carbocycles. The van der Waals surface area contributed by atoms with E-state index in [2.05, 4.69) is 15.6 Å². The summed E-state index contributed by atoms with van der Waals surface area (Å²) in [5, 5.41) is 23.7. The molecular weight excluding hydrogens is 274 g/mol. The minimum atomic E-state index is -0.287. The van der Waals surface area contributed by atoms with E-state index in [1.807, 2.05) is 0 Å². The summed E-state index contributed by atoms with van der Waals surface area (Å²) in [5.41, 5.74) is 1.06. The topological polar surface area (TPSA) is 103 Å². The summed E-state index contributed by atoms with van der Waals surface area (Å²) < 4.78 is 5.02. The van der Waals surface area contributed by atoms with Gasteiger partial charge in [0.1, 0.15) is 5.70 Å². The van der Waals surface area contributed by atoms with Crippen LogP contribution in [0.25, 0.3) is 6.08 Å². The number of phenols is 1. The summed E-state index contributed by atoms with van der Waals surface area (Å²) in [4.78, 5) is 15.9. The summed E-state index contributed by atoms with van der Waals surface area (Å²) in [6.07, 6.45) is 2.17. The number of guanidine groups is 1. The summed E-state index contributed by atoms with van der Waals surface area (Å²) in [6.45, 7) is 0.486. The van der Waals surface area contributed by atoms with Gasteiger partial charge in [0.15, 0.2) is 11.5 Å². The lowest BCUT2D eigenvalue weighted by molar-refractivity contribution is -0.115. The van der Waals surface area contributed by atoms with Gasteiger partial charge in [0.2, 0.25) is 5.96 Å². The van der Waals surface area contributed by atoms with Crippen molar-refractivity contribution in [2.75, 3.05) is 20.3 Å². The SMILES string of the molecule is COc1cc(/C=C2\NC(=NCCCO)NC2=O)ccc1O. The van der Waals surface area contributed by atoms with Gasteiger partial charge in [-0.15, -0.1) is 0 Å². The number of aliphatic hydroxyl groups excluding tert-OH is 1. The van der Waals surface area contributed by atoms with Crippen LogP contribution in [0.4, 0.5) is 0 Å². The lowest BCUT2D eigenvalue weighted by Gasteiger charge is -2.04. The number of carbonyl (C=O) groups is 1. The number of benzene rings is 1. The highest BCUT2D eigenvalue weighted by atomic mass is 16.5. The first-order valence-electron chi connectivity index (χ1n) is 6.46. The number of methoxy groups -OCH3 is 1. The van der Waals surface area contributed by atoms with Gasteiger partial charge in [-0.1, -0.05) is 6.07 Å². The van der Waals surface area contributed by atoms with Gasteiger partial charge in [0, 0.05) is 13.2 Å². The maximum atomic E-state index is 11.8. The van der Waals surface area contributed by atoms with E-state index in [1.165, 1.54) is 13.2 Å². The normalized spacial score (nSPS) is 17.9. The summed E-state index contributed by atoms with van der Waals surface area (Å²) in [5.74, 6) is 0.449. The Labute approximate surface area is 122 Å². The zero-order valence-corrected chi connectivity index (χ0v) is 11.6. The summed E-state index contributed by atoms with van der Waals surface area (Å²) >= 11 is 0. The molecule has 0 aromatic heterocycles. The Morgan fingerprint density at radius 3 is 2.90 bits per heavy atom. The van der Waals surface area contributed by atoms with Crippen molar-refractivity contribution in [3.63, 3.8) is 0 Å². The van der Waals surface area contributed by atoms with E-state index < -0.39 is 0 Å². The Balaban J connectivity index is 2.14. The van der Waals surface area contributed by atoms with Crippen molar-refractivity contribution >= 4 is 17.9 Å². The van der Waals surface area contributed by atoms with Gasteiger partial charge in [-0.25, -0.2) is 0 Å². The highest BCUT2D eigenvalue weighted by Gasteiger charge is 2.21. The van der Waals surface area contributed by atoms with Crippen molar-refractivity contribution in [3.05, 3.63) is 29.5 Å². The first kappa shape index (κ1) is 14.9. The van der Waals surface area contributed by atoms with Crippen molar-refractivity contribution in [1.29, 1.82) is 0 Å². The minimum absolute atomic E-state index is 0.0368. The molecule has 7 nitrogen and oxygen atoms in total. The molecule has 1 fully saturated rings. The smallest absolute Gasteiger partial charge is 0.274 e. The lowest BCUT2D eigenvalue weighted by atomic mass is 10.1. The Kier molecular flexibility index (Phi) is 4.78. The van der Waals surface area contributed by atoms with Crippen molar-refractivity contribution in [2.24, 2.45) is 4.99 Å². The molecule has 1 aliphatic heterocycles. The zero-order chi connectivity index (χ0) is 15.2. The highest BCUT2D eigenvalue weighted by molar-refractivity contribution is 6.15. The quantitative estimate of drug-likeness (QED) is 0.458. The number of hydrogen-bond donors (Lipinski definition) is 4. The minimum Gasteiger partial charge on any atom is -0.504 e. The Morgan fingerprint density at radius 1 is 1.38 bits per heavy atom. The first-order valence-corrected chi connectivity index (χ1v) is 6.46. The van der Waals surface area contributed by atoms with E-state index in [9.17, 15) is 9.90 Å². The Bertz CT molecular complexity index is 596. The molecule has 0 saturated carbocycles. The third-order valence-electron chi connectivity index (χ3n) is 2.83. The number of aromatic hydroxyl groups is 1. The van der Waals surface area contributed by atoms with E-state index >= 15 is 0 Å². The molecular formula is C14H17N3O4. The molecule has 7 heteroatoms. The van der Waals surface area contributed by atoms with E-state index in [4.69, 9.17) is 9.84 Å². The van der Waals surface area contributed by atoms with Gasteiger partial charge in [-0.2, -0.15) is 0 Å². The fourth-order valence-electron chi connectivity index (χ4n) is 1.78. The summed E-state index contributed by atoms with van der Waals surface area (Å²) in [6, 6.07) is 4.78. The fraction of sp³-hybridized carbons (Fsp3) is 0.286. The van der Waals surface area contributed by atoms with Gasteiger partial charge in [0.05, 0.1) is 7.11 Å². The third kappa shape index (κ3) is 3.73. The number of carbonyl (C=O) groups excluding carboxylic acids is 1. The van der Waals surface area contributed by atoms with E-state index in [0.717, 1.165) is 0 Å². The number of hydrogen-bond acceptors (Lipinski definition) is 5. The number of nitrogens with one attached hydrogen (secondary N) is 2. The van der Waals surface area contributed by atoms with Crippen molar-refractivity contribution < 1.29 is 19.7 Å². The molecule has 0 unspecified atom stereocenters. The van der Waals surface area contributed by atoms with Crippen molar-refractivity contribution in [2.45, 2.75) is 6.42 Å². The monoisotopic (exact) mass is 291 g/mol. The second-order valence-electron chi connectivity index (χ2n) is 4.38. The molecule has 112 valence electrons. The first-order chi connectivity index (χ1) is 10.1. The molecule has 1 heterocycles. The van der Waals surface area contributed by atoms with Crippen LogP contribution in [0.1, 0.15) is 12.0 Å². The average Bonchev–Trinajstić information content (AvgIpc) is 2.81. The molecule has 0 bridgehead atoms. The molecule has 0 spiro atoms. The van der Waals surface area contributed by atoms with E-state index in [-0.39, 0.29) is 18.3 Å². The number of aliphatic hydroxyl groups is 1. The number of ether oxygens (including phenoxy) is 1. The van der Waals surface area contributed by atoms with Crippen LogP contribution >= 0.6 is 0 Å². The molecule has 4 N–H and O–H groups in total. The molecule has 1 saturated heterocycles. The van der Waals surface area contributed by atoms with Crippen LogP contribution in [-0.2, 0) is 4.79 Å². The van der Waals surface area contributed by atoms with Crippen LogP contribution in [0.5, 0.6) is 11.5 Å². The maximum Gasteiger partial charge on any atom is 0.274 e. The number of amides is 1. The predicted octanol–water partition coefficient (Wildman–Crippen LogP) is 0.200. The van der Waals surface area contributed by atoms with Crippen LogP contribution in [-0.4, -0.2) is 42.3 Å². The van der Waals surface area contributed by atoms with Crippen LogP contribution in [0, 0.1) is 0 Å². The number of phenolic OH excluding ortho intramolecular Hbond substituents is 1. The molecule has 0 atom stereocenters. The molecule has 2 rings (SSSR count). The second kappa shape index (κ2) is 6.76. The van der Waals surface area contributed by atoms with Gasteiger partial charge >= 0.3 is 0 Å². The molecule has 1 aromatic rings. The number of aliphatic imine (C=N–C) groups is 1. The molecule has 0 aliphatic carbocycles. The van der Waals surface area contributed by atoms with Crippen molar-refractivity contribution in [1.82, 2.24) is 10.6 Å². The Hall–Kier alpha value is -2.54. The van der Waals surface area contributed by atoms with Crippen LogP contribution in [0.2, 0.25) is 0 Å². The van der Waals surface area contributed by atoms with Gasteiger partial charge in [-0.3, -0.25) is 15.1 Å². The molecule has 1 amide bonds. The van der Waals surface area contributed by atoms with Crippen LogP contribution < -0.4 is 15.4 Å². The van der Waals surface area contributed by atoms with Gasteiger partial charge in [0.25, 0.3) is 5.91 Å². The molecule has 1 aliphatic rings. The number of rotatable bonds is 5. The third-order valence-corrected chi connectivity index (χ3v) is 2.83. The average molecular weight is 291 g/mol. The highest BCUT2D eigenvalue weighted by Crippen LogP contribution is 2.27. The second-order valence-corrected chi connectivity index (χ2v) is 4.38. The van der Waals surface area contributed by atoms with Gasteiger partial charge < -0.3 is 20.3 Å². The zero-order valence-electron chi connectivity index (χ0n) is 11.6. The lowest BCUT2D eigenvalue weighted by Crippen LogP contribution is -2.25. The van der Waals surface area contributed by atoms with Crippen molar-refractivity contribution in [3.8, 4) is 11.5 Å². The van der Waals surface area contributed by atoms with Crippen LogP contribution in [0.15, 0.2) is 28.9 Å². The molecule has 0 radical (unpaired) electrons. The number of nitrogens with zero attached hydrogens (tertiary/aromatic N) is 1. The fourth-order valence-corrected chi connectivity index (χ4v) is 1.78. The summed E-state index contributed by atoms with van der Waals surface area (Å²) in [7, 11) is 1.46. The maximum absolute atomic E-state index is 11.8. The van der Waals surface area contributed by atoms with E-state index in [1.54, 1.807) is 18.2 Å². The predicted molar refractivity (Wildman–Crippen MR) is 77.9 cm³/mol. The van der Waals surface area contributed by atoms with Crippen LogP contribution in [0.3, 0.4) is 0 Å². The van der Waals surface area contributed by atoms with E-state index in [0.29, 0.717) is 35.9 Å². The largest absolute Gasteiger partial charge is 0.504 e.